The van der Waals surface area contributed by atoms with Crippen molar-refractivity contribution in [1.82, 2.24) is 0 Å². The maximum absolute atomic E-state index is 12.8. The summed E-state index contributed by atoms with van der Waals surface area (Å²) in [5.41, 5.74) is 0. The van der Waals surface area contributed by atoms with Gasteiger partial charge in [-0.05, 0) is 116 Å². The first-order valence-electron chi connectivity index (χ1n) is 35.5. The summed E-state index contributed by atoms with van der Waals surface area (Å²) in [6, 6.07) is 0. The summed E-state index contributed by atoms with van der Waals surface area (Å²) in [5.74, 6) is -0.872. The highest BCUT2D eigenvalue weighted by molar-refractivity contribution is 7.45. The number of allylic oxidation sites excluding steroid dienone is 24. The Balaban J connectivity index is 4.03. The van der Waals surface area contributed by atoms with Crippen LogP contribution in [0, 0.1) is 0 Å². The number of ether oxygens (including phenoxy) is 2. The van der Waals surface area contributed by atoms with Gasteiger partial charge in [0.05, 0.1) is 27.7 Å². The standard InChI is InChI=1S/C78H132NO8P/c1-6-8-10-12-14-16-18-20-22-24-26-28-30-32-33-34-35-36-37-38-39-40-41-42-43-44-45-47-48-50-52-54-56-58-60-62-64-66-68-70-77(80)84-74-76(75-86-88(82,83)85-73-72-79(3,4)5)87-78(81)71-69-67-65-63-61-59-57-55-53-51-49-46-31-29-27-25-23-21-19-17-15-13-11-9-7-2/h8-11,14-17,20-23,26-29,32-33,46,49,53,55,59,61,76H,6-7,12-13,18-19,24-25,30-31,34-45,47-48,50-52,54,56-58,60,62-75H2,1-5H3/b10-8-,11-9-,16-14-,17-15-,22-20-,23-21-,28-26-,29-27-,33-32-,49-46-,55-53-,61-59-. The molecule has 502 valence electrons. The topological polar surface area (TPSA) is 111 Å². The maximum Gasteiger partial charge on any atom is 0.306 e. The first kappa shape index (κ1) is 83.9. The fourth-order valence-corrected chi connectivity index (χ4v) is 10.2. The van der Waals surface area contributed by atoms with Crippen molar-refractivity contribution in [2.45, 2.75) is 290 Å². The first-order valence-corrected chi connectivity index (χ1v) is 37.0. The van der Waals surface area contributed by atoms with Crippen molar-refractivity contribution in [2.75, 3.05) is 47.5 Å². The molecule has 0 aromatic rings. The van der Waals surface area contributed by atoms with E-state index in [2.05, 4.69) is 160 Å². The smallest absolute Gasteiger partial charge is 0.306 e. The van der Waals surface area contributed by atoms with Gasteiger partial charge in [0, 0.05) is 12.8 Å². The highest BCUT2D eigenvalue weighted by Gasteiger charge is 2.22. The molecule has 9 nitrogen and oxygen atoms in total. The van der Waals surface area contributed by atoms with Gasteiger partial charge >= 0.3 is 11.9 Å². The van der Waals surface area contributed by atoms with Crippen LogP contribution in [0.25, 0.3) is 0 Å². The fraction of sp³-hybridized carbons (Fsp3) is 0.667. The molecule has 0 bridgehead atoms. The Hall–Kier alpha value is -4.11. The zero-order chi connectivity index (χ0) is 64.1. The molecule has 10 heteroatoms. The molecule has 0 aliphatic carbocycles. The van der Waals surface area contributed by atoms with Crippen LogP contribution < -0.4 is 4.89 Å². The van der Waals surface area contributed by atoms with Gasteiger partial charge in [-0.25, -0.2) is 0 Å². The molecule has 0 aromatic heterocycles. The molecule has 0 heterocycles. The number of phosphoric acid groups is 1. The van der Waals surface area contributed by atoms with Crippen molar-refractivity contribution >= 4 is 19.8 Å². The van der Waals surface area contributed by atoms with E-state index >= 15 is 0 Å². The van der Waals surface area contributed by atoms with E-state index in [1.54, 1.807) is 0 Å². The monoisotopic (exact) mass is 1240 g/mol. The molecule has 0 spiro atoms. The number of unbranched alkanes of at least 4 members (excludes halogenated alkanes) is 26. The lowest BCUT2D eigenvalue weighted by Gasteiger charge is -2.28. The van der Waals surface area contributed by atoms with Gasteiger partial charge in [0.1, 0.15) is 19.8 Å². The van der Waals surface area contributed by atoms with Crippen molar-refractivity contribution in [3.8, 4) is 0 Å². The number of hydrogen-bond donors (Lipinski definition) is 0. The van der Waals surface area contributed by atoms with Crippen LogP contribution in [0.4, 0.5) is 0 Å². The van der Waals surface area contributed by atoms with E-state index in [4.69, 9.17) is 18.5 Å². The van der Waals surface area contributed by atoms with Crippen LogP contribution in [-0.2, 0) is 32.7 Å². The third kappa shape index (κ3) is 71.0. The molecule has 0 rings (SSSR count). The maximum atomic E-state index is 12.8. The van der Waals surface area contributed by atoms with Gasteiger partial charge in [-0.3, -0.25) is 14.2 Å². The van der Waals surface area contributed by atoms with Crippen LogP contribution >= 0.6 is 7.82 Å². The van der Waals surface area contributed by atoms with Crippen molar-refractivity contribution < 1.29 is 42.1 Å². The lowest BCUT2D eigenvalue weighted by atomic mass is 10.0. The van der Waals surface area contributed by atoms with E-state index in [0.29, 0.717) is 17.4 Å². The molecule has 2 unspecified atom stereocenters. The number of hydrogen-bond acceptors (Lipinski definition) is 8. The zero-order valence-electron chi connectivity index (χ0n) is 57.1. The number of phosphoric ester groups is 1. The summed E-state index contributed by atoms with van der Waals surface area (Å²) < 4.78 is 34.3. The highest BCUT2D eigenvalue weighted by Crippen LogP contribution is 2.38. The quantitative estimate of drug-likeness (QED) is 0.0195. The minimum Gasteiger partial charge on any atom is -0.756 e. The fourth-order valence-electron chi connectivity index (χ4n) is 9.49. The minimum absolute atomic E-state index is 0.0435. The number of quaternary nitrogens is 1. The molecule has 88 heavy (non-hydrogen) atoms. The van der Waals surface area contributed by atoms with E-state index in [9.17, 15) is 19.0 Å². The Labute approximate surface area is 542 Å². The summed E-state index contributed by atoms with van der Waals surface area (Å²) in [5, 5.41) is 0. The van der Waals surface area contributed by atoms with Crippen molar-refractivity contribution in [1.29, 1.82) is 0 Å². The number of esters is 2. The van der Waals surface area contributed by atoms with E-state index in [-0.39, 0.29) is 26.1 Å². The third-order valence-corrected chi connectivity index (χ3v) is 15.8. The molecule has 2 atom stereocenters. The SMILES string of the molecule is CC/C=C\C/C=C\C/C=C\C/C=C\C/C=C\C/C=C\C/C=C\CCCCCC(=O)OC(COC(=O)CCCCCCCCCCCCCCCCCCCCCCCCC/C=C\C/C=C\C/C=C\C/C=C\C/C=C\CC)COP(=O)([O-])OCC[N+](C)(C)C. The van der Waals surface area contributed by atoms with Gasteiger partial charge in [0.2, 0.25) is 0 Å². The van der Waals surface area contributed by atoms with Crippen LogP contribution in [0.3, 0.4) is 0 Å². The van der Waals surface area contributed by atoms with Crippen LogP contribution in [0.1, 0.15) is 284 Å². The average molecular weight is 1240 g/mol. The molecule has 0 amide bonds. The second-order valence-electron chi connectivity index (χ2n) is 24.5. The Morgan fingerprint density at radius 3 is 0.920 bits per heavy atom. The first-order chi connectivity index (χ1) is 43.0. The molecular formula is C78H132NO8P. The Kier molecular flexibility index (Phi) is 64.1. The van der Waals surface area contributed by atoms with Crippen LogP contribution in [0.5, 0.6) is 0 Å². The van der Waals surface area contributed by atoms with Gasteiger partial charge in [-0.2, -0.15) is 0 Å². The van der Waals surface area contributed by atoms with E-state index in [0.717, 1.165) is 116 Å². The summed E-state index contributed by atoms with van der Waals surface area (Å²) in [4.78, 5) is 38.0. The van der Waals surface area contributed by atoms with Gasteiger partial charge < -0.3 is 27.9 Å². The molecule has 0 N–H and O–H groups in total. The predicted molar refractivity (Wildman–Crippen MR) is 378 cm³/mol. The normalized spacial score (nSPS) is 14.0. The Morgan fingerprint density at radius 1 is 0.352 bits per heavy atom. The zero-order valence-corrected chi connectivity index (χ0v) is 58.0. The number of rotatable bonds is 64. The summed E-state index contributed by atoms with van der Waals surface area (Å²) in [7, 11) is 1.13. The lowest BCUT2D eigenvalue weighted by molar-refractivity contribution is -0.870. The predicted octanol–water partition coefficient (Wildman–Crippen LogP) is 22.7. The molecule has 0 aliphatic heterocycles. The molecular weight excluding hydrogens is 1110 g/mol. The number of carbonyl (C=O) groups is 2. The molecule has 0 saturated carbocycles. The molecule has 0 aromatic carbocycles. The van der Waals surface area contributed by atoms with E-state index < -0.39 is 32.5 Å². The summed E-state index contributed by atoms with van der Waals surface area (Å²) in [6.07, 6.45) is 99.4. The van der Waals surface area contributed by atoms with Gasteiger partial charge in [-0.15, -0.1) is 0 Å². The number of nitrogens with zero attached hydrogens (tertiary/aromatic N) is 1. The molecule has 0 fully saturated rings. The summed E-state index contributed by atoms with van der Waals surface area (Å²) >= 11 is 0. The molecule has 0 aliphatic rings. The third-order valence-electron chi connectivity index (χ3n) is 14.9. The molecule has 0 saturated heterocycles. The molecule has 0 radical (unpaired) electrons. The highest BCUT2D eigenvalue weighted by atomic mass is 31.2. The van der Waals surface area contributed by atoms with Gasteiger partial charge in [0.25, 0.3) is 7.82 Å². The number of likely N-dealkylation sites (N-methyl/N-ethyl adjacent to an activating group) is 1. The second kappa shape index (κ2) is 67.3. The average Bonchev–Trinajstić information content (AvgIpc) is 3.57. The van der Waals surface area contributed by atoms with Crippen LogP contribution in [0.2, 0.25) is 0 Å². The van der Waals surface area contributed by atoms with E-state index in [1.165, 1.54) is 135 Å². The Bertz CT molecular complexity index is 2000. The van der Waals surface area contributed by atoms with E-state index in [1.807, 2.05) is 21.1 Å². The largest absolute Gasteiger partial charge is 0.756 e. The van der Waals surface area contributed by atoms with Gasteiger partial charge in [-0.1, -0.05) is 301 Å². The van der Waals surface area contributed by atoms with Crippen LogP contribution in [-0.4, -0.2) is 70.0 Å². The van der Waals surface area contributed by atoms with Crippen molar-refractivity contribution in [3.05, 3.63) is 146 Å². The van der Waals surface area contributed by atoms with Crippen LogP contribution in [0.15, 0.2) is 146 Å². The van der Waals surface area contributed by atoms with Crippen molar-refractivity contribution in [2.24, 2.45) is 0 Å². The second-order valence-corrected chi connectivity index (χ2v) is 25.9. The van der Waals surface area contributed by atoms with Gasteiger partial charge in [0.15, 0.2) is 6.10 Å². The summed E-state index contributed by atoms with van der Waals surface area (Å²) in [6.45, 7) is 3.98. The Morgan fingerprint density at radius 2 is 0.614 bits per heavy atom. The lowest BCUT2D eigenvalue weighted by Crippen LogP contribution is -2.37. The minimum atomic E-state index is -4.66. The number of carbonyl (C=O) groups excluding carboxylic acids is 2. The van der Waals surface area contributed by atoms with Crippen molar-refractivity contribution in [3.63, 3.8) is 0 Å².